The van der Waals surface area contributed by atoms with Crippen molar-refractivity contribution >= 4 is 5.82 Å². The highest BCUT2D eigenvalue weighted by Gasteiger charge is 2.24. The highest BCUT2D eigenvalue weighted by molar-refractivity contribution is 5.54. The first-order chi connectivity index (χ1) is 7.22. The van der Waals surface area contributed by atoms with Gasteiger partial charge in [0.1, 0.15) is 11.9 Å². The minimum Gasteiger partial charge on any atom is -0.356 e. The number of aromatic nitrogens is 1. The second-order valence-corrected chi connectivity index (χ2v) is 4.13. The van der Waals surface area contributed by atoms with Gasteiger partial charge in [0.05, 0.1) is 5.56 Å². The number of hydrogen-bond donors (Lipinski definition) is 0. The first-order valence-electron chi connectivity index (χ1n) is 5.33. The zero-order valence-electron chi connectivity index (χ0n) is 9.20. The van der Waals surface area contributed by atoms with Gasteiger partial charge in [0, 0.05) is 18.8 Å². The maximum Gasteiger partial charge on any atom is 0.146 e. The number of rotatable bonds is 2. The van der Waals surface area contributed by atoms with E-state index < -0.39 is 0 Å². The third-order valence-corrected chi connectivity index (χ3v) is 3.09. The predicted octanol–water partition coefficient (Wildman–Crippen LogP) is 2.25. The number of nitriles is 1. The molecular weight excluding hydrogens is 186 g/mol. The van der Waals surface area contributed by atoms with Gasteiger partial charge in [0.25, 0.3) is 0 Å². The van der Waals surface area contributed by atoms with Crippen LogP contribution in [0, 0.1) is 18.3 Å². The summed E-state index contributed by atoms with van der Waals surface area (Å²) in [5, 5.41) is 9.01. The smallest absolute Gasteiger partial charge is 0.146 e. The molecule has 0 radical (unpaired) electrons. The molecule has 0 N–H and O–H groups in total. The minimum absolute atomic E-state index is 0.575. The average molecular weight is 201 g/mol. The van der Waals surface area contributed by atoms with Crippen molar-refractivity contribution in [3.63, 3.8) is 0 Å². The molecule has 1 aromatic heterocycles. The van der Waals surface area contributed by atoms with Crippen LogP contribution in [0.1, 0.15) is 30.5 Å². The van der Waals surface area contributed by atoms with Gasteiger partial charge >= 0.3 is 0 Å². The predicted molar refractivity (Wildman–Crippen MR) is 59.7 cm³/mol. The van der Waals surface area contributed by atoms with Crippen molar-refractivity contribution in [2.45, 2.75) is 32.2 Å². The molecule has 0 amide bonds. The second-order valence-electron chi connectivity index (χ2n) is 4.13. The van der Waals surface area contributed by atoms with E-state index in [-0.39, 0.29) is 0 Å². The van der Waals surface area contributed by atoms with Crippen LogP contribution in [0.2, 0.25) is 0 Å². The van der Waals surface area contributed by atoms with Crippen LogP contribution in [0.3, 0.4) is 0 Å². The standard InChI is InChI=1S/C12H15N3/c1-9-6-7-10(8-13)12(14-9)15(2)11-4-3-5-11/h6-7,11H,3-5H2,1-2H3. The molecule has 3 heteroatoms. The lowest BCUT2D eigenvalue weighted by Crippen LogP contribution is -2.38. The molecule has 2 rings (SSSR count). The highest BCUT2D eigenvalue weighted by atomic mass is 15.2. The molecular formula is C12H15N3. The Morgan fingerprint density at radius 1 is 1.47 bits per heavy atom. The molecule has 15 heavy (non-hydrogen) atoms. The number of pyridine rings is 1. The summed E-state index contributed by atoms with van der Waals surface area (Å²) in [7, 11) is 2.03. The minimum atomic E-state index is 0.575. The van der Waals surface area contributed by atoms with Gasteiger partial charge in [-0.1, -0.05) is 0 Å². The van der Waals surface area contributed by atoms with E-state index in [2.05, 4.69) is 16.0 Å². The Kier molecular flexibility index (Phi) is 2.59. The zero-order chi connectivity index (χ0) is 10.8. The summed E-state index contributed by atoms with van der Waals surface area (Å²) in [6.45, 7) is 1.96. The van der Waals surface area contributed by atoms with Crippen molar-refractivity contribution in [2.24, 2.45) is 0 Å². The quantitative estimate of drug-likeness (QED) is 0.736. The Bertz CT molecular complexity index is 402. The van der Waals surface area contributed by atoms with Crippen LogP contribution in [0.15, 0.2) is 12.1 Å². The largest absolute Gasteiger partial charge is 0.356 e. The van der Waals surface area contributed by atoms with E-state index in [0.29, 0.717) is 11.6 Å². The molecule has 0 bridgehead atoms. The SMILES string of the molecule is Cc1ccc(C#N)c(N(C)C2CCC2)n1. The molecule has 3 nitrogen and oxygen atoms in total. The molecule has 0 aromatic carbocycles. The van der Waals surface area contributed by atoms with Crippen LogP contribution in [0.4, 0.5) is 5.82 Å². The van der Waals surface area contributed by atoms with E-state index in [1.54, 1.807) is 0 Å². The van der Waals surface area contributed by atoms with E-state index in [0.717, 1.165) is 11.5 Å². The average Bonchev–Trinajstić information content (AvgIpc) is 2.15. The lowest BCUT2D eigenvalue weighted by atomic mass is 9.91. The zero-order valence-corrected chi connectivity index (χ0v) is 9.20. The van der Waals surface area contributed by atoms with E-state index in [4.69, 9.17) is 5.26 Å². The lowest BCUT2D eigenvalue weighted by molar-refractivity contribution is 0.399. The van der Waals surface area contributed by atoms with E-state index in [9.17, 15) is 0 Å². The molecule has 1 heterocycles. The maximum absolute atomic E-state index is 9.01. The first-order valence-corrected chi connectivity index (χ1v) is 5.33. The molecule has 0 spiro atoms. The molecule has 0 aliphatic heterocycles. The van der Waals surface area contributed by atoms with Crippen LogP contribution in [0.25, 0.3) is 0 Å². The summed E-state index contributed by atoms with van der Waals surface area (Å²) in [6.07, 6.45) is 3.73. The van der Waals surface area contributed by atoms with Crippen molar-refractivity contribution in [3.8, 4) is 6.07 Å². The first kappa shape index (κ1) is 9.97. The Labute approximate surface area is 90.4 Å². The molecule has 0 saturated heterocycles. The molecule has 0 unspecified atom stereocenters. The number of nitrogens with zero attached hydrogens (tertiary/aromatic N) is 3. The summed E-state index contributed by atoms with van der Waals surface area (Å²) in [5.41, 5.74) is 1.64. The molecule has 1 fully saturated rings. The van der Waals surface area contributed by atoms with Gasteiger partial charge < -0.3 is 4.90 Å². The van der Waals surface area contributed by atoms with Crippen LogP contribution in [-0.4, -0.2) is 18.1 Å². The second kappa shape index (κ2) is 3.90. The van der Waals surface area contributed by atoms with E-state index >= 15 is 0 Å². The normalized spacial score (nSPS) is 15.5. The fraction of sp³-hybridized carbons (Fsp3) is 0.500. The third kappa shape index (κ3) is 1.80. The fourth-order valence-corrected chi connectivity index (χ4v) is 1.85. The monoisotopic (exact) mass is 201 g/mol. The third-order valence-electron chi connectivity index (χ3n) is 3.09. The molecule has 1 aromatic rings. The molecule has 78 valence electrons. The summed E-state index contributed by atoms with van der Waals surface area (Å²) in [4.78, 5) is 6.60. The maximum atomic E-state index is 9.01. The molecule has 1 aliphatic carbocycles. The van der Waals surface area contributed by atoms with Crippen molar-refractivity contribution in [3.05, 3.63) is 23.4 Å². The van der Waals surface area contributed by atoms with E-state index in [1.165, 1.54) is 19.3 Å². The van der Waals surface area contributed by atoms with Gasteiger partial charge in [-0.05, 0) is 38.3 Å². The Morgan fingerprint density at radius 3 is 2.73 bits per heavy atom. The van der Waals surface area contributed by atoms with Crippen LogP contribution in [-0.2, 0) is 0 Å². The van der Waals surface area contributed by atoms with Crippen LogP contribution < -0.4 is 4.90 Å². The molecule has 0 atom stereocenters. The van der Waals surface area contributed by atoms with Gasteiger partial charge in [0.15, 0.2) is 0 Å². The van der Waals surface area contributed by atoms with E-state index in [1.807, 2.05) is 26.1 Å². The van der Waals surface area contributed by atoms with Gasteiger partial charge in [-0.15, -0.1) is 0 Å². The number of hydrogen-bond acceptors (Lipinski definition) is 3. The number of aryl methyl sites for hydroxylation is 1. The summed E-state index contributed by atoms with van der Waals surface area (Å²) in [5.74, 6) is 0.835. The van der Waals surface area contributed by atoms with Crippen molar-refractivity contribution in [1.82, 2.24) is 4.98 Å². The highest BCUT2D eigenvalue weighted by Crippen LogP contribution is 2.28. The van der Waals surface area contributed by atoms with Gasteiger partial charge in [0.2, 0.25) is 0 Å². The van der Waals surface area contributed by atoms with Crippen LogP contribution in [0.5, 0.6) is 0 Å². The van der Waals surface area contributed by atoms with Crippen LogP contribution >= 0.6 is 0 Å². The lowest BCUT2D eigenvalue weighted by Gasteiger charge is -2.36. The summed E-state index contributed by atoms with van der Waals surface area (Å²) >= 11 is 0. The fourth-order valence-electron chi connectivity index (χ4n) is 1.85. The topological polar surface area (TPSA) is 39.9 Å². The van der Waals surface area contributed by atoms with Gasteiger partial charge in [-0.3, -0.25) is 0 Å². The summed E-state index contributed by atoms with van der Waals surface area (Å²) in [6, 6.07) is 6.52. The molecule has 1 aliphatic rings. The molecule has 1 saturated carbocycles. The van der Waals surface area contributed by atoms with Gasteiger partial charge in [-0.25, -0.2) is 4.98 Å². The number of anilines is 1. The Hall–Kier alpha value is -1.56. The summed E-state index contributed by atoms with van der Waals surface area (Å²) < 4.78 is 0. The van der Waals surface area contributed by atoms with Crippen molar-refractivity contribution < 1.29 is 0 Å². The van der Waals surface area contributed by atoms with Gasteiger partial charge in [-0.2, -0.15) is 5.26 Å². The van der Waals surface area contributed by atoms with Crippen molar-refractivity contribution in [2.75, 3.05) is 11.9 Å². The Morgan fingerprint density at radius 2 is 2.20 bits per heavy atom. The Balaban J connectivity index is 2.32. The van der Waals surface area contributed by atoms with Crippen molar-refractivity contribution in [1.29, 1.82) is 5.26 Å².